The number of hydrogen-bond acceptors (Lipinski definition) is 6. The second-order valence-corrected chi connectivity index (χ2v) is 8.56. The van der Waals surface area contributed by atoms with Gasteiger partial charge in [-0.1, -0.05) is 25.1 Å². The zero-order chi connectivity index (χ0) is 21.1. The zero-order valence-corrected chi connectivity index (χ0v) is 18.0. The van der Waals surface area contributed by atoms with Crippen molar-refractivity contribution in [1.82, 2.24) is 19.6 Å². The second-order valence-electron chi connectivity index (χ2n) is 7.28. The number of aromatic nitrogens is 2. The molecule has 3 aromatic rings. The van der Waals surface area contributed by atoms with Gasteiger partial charge in [0.05, 0.1) is 11.9 Å². The number of carbonyl (C=O) groups is 1. The van der Waals surface area contributed by atoms with Gasteiger partial charge in [0.25, 0.3) is 5.91 Å². The van der Waals surface area contributed by atoms with Gasteiger partial charge in [0.2, 0.25) is 0 Å². The first-order valence-electron chi connectivity index (χ1n) is 10.1. The molecule has 1 aliphatic rings. The average molecular weight is 420 g/mol. The Morgan fingerprint density at radius 2 is 1.93 bits per heavy atom. The summed E-state index contributed by atoms with van der Waals surface area (Å²) in [5.74, 6) is 0.363. The number of nitrogens with two attached hydrogens (primary N) is 1. The van der Waals surface area contributed by atoms with Crippen molar-refractivity contribution in [3.8, 4) is 22.5 Å². The summed E-state index contributed by atoms with van der Waals surface area (Å²) in [5.41, 5.74) is 11.2. The maximum atomic E-state index is 12.2. The number of benzene rings is 2. The SMILES string of the molecule is CCN(C)Sc1ccc(-c2cnc(N)c(-c3ccc4c(c3)CCCNC4=O)n2)cc1. The molecule has 3 N–H and O–H groups in total. The summed E-state index contributed by atoms with van der Waals surface area (Å²) >= 11 is 1.71. The maximum Gasteiger partial charge on any atom is 0.251 e. The molecular weight excluding hydrogens is 394 g/mol. The van der Waals surface area contributed by atoms with Crippen molar-refractivity contribution in [2.24, 2.45) is 0 Å². The van der Waals surface area contributed by atoms with Gasteiger partial charge in [0, 0.05) is 34.7 Å². The number of fused-ring (bicyclic) bond motifs is 1. The maximum absolute atomic E-state index is 12.2. The van der Waals surface area contributed by atoms with Crippen molar-refractivity contribution < 1.29 is 4.79 Å². The van der Waals surface area contributed by atoms with Gasteiger partial charge < -0.3 is 11.1 Å². The Hall–Kier alpha value is -2.90. The number of carbonyl (C=O) groups excluding carboxylic acids is 1. The van der Waals surface area contributed by atoms with Gasteiger partial charge in [0.15, 0.2) is 0 Å². The monoisotopic (exact) mass is 419 g/mol. The summed E-state index contributed by atoms with van der Waals surface area (Å²) in [6, 6.07) is 14.1. The van der Waals surface area contributed by atoms with Crippen LogP contribution in [0.5, 0.6) is 0 Å². The van der Waals surface area contributed by atoms with Crippen LogP contribution >= 0.6 is 11.9 Å². The van der Waals surface area contributed by atoms with E-state index in [0.29, 0.717) is 18.1 Å². The highest BCUT2D eigenvalue weighted by molar-refractivity contribution is 7.97. The van der Waals surface area contributed by atoms with Gasteiger partial charge in [-0.3, -0.25) is 4.79 Å². The molecule has 0 atom stereocenters. The Labute approximate surface area is 181 Å². The Bertz CT molecular complexity index is 1070. The van der Waals surface area contributed by atoms with Gasteiger partial charge in [0.1, 0.15) is 11.5 Å². The van der Waals surface area contributed by atoms with Gasteiger partial charge in [-0.25, -0.2) is 14.3 Å². The third-order valence-electron chi connectivity index (χ3n) is 5.19. The van der Waals surface area contributed by atoms with Crippen LogP contribution in [0.2, 0.25) is 0 Å². The largest absolute Gasteiger partial charge is 0.382 e. The van der Waals surface area contributed by atoms with Crippen molar-refractivity contribution in [3.05, 3.63) is 59.8 Å². The first-order chi connectivity index (χ1) is 14.5. The van der Waals surface area contributed by atoms with Crippen molar-refractivity contribution in [1.29, 1.82) is 0 Å². The molecule has 1 aliphatic heterocycles. The number of rotatable bonds is 5. The van der Waals surface area contributed by atoms with Crippen molar-refractivity contribution in [2.75, 3.05) is 25.9 Å². The first-order valence-corrected chi connectivity index (χ1v) is 10.9. The Kier molecular flexibility index (Phi) is 6.01. The van der Waals surface area contributed by atoms with Gasteiger partial charge in [-0.15, -0.1) is 0 Å². The van der Waals surface area contributed by atoms with Crippen LogP contribution in [0.1, 0.15) is 29.3 Å². The smallest absolute Gasteiger partial charge is 0.251 e. The lowest BCUT2D eigenvalue weighted by molar-refractivity contribution is 0.0956. The lowest BCUT2D eigenvalue weighted by Crippen LogP contribution is -2.22. The molecular formula is C23H25N5OS. The number of amides is 1. The molecule has 0 saturated heterocycles. The summed E-state index contributed by atoms with van der Waals surface area (Å²) in [6.45, 7) is 3.80. The number of nitrogens with zero attached hydrogens (tertiary/aromatic N) is 3. The molecule has 0 spiro atoms. The normalized spacial score (nSPS) is 13.6. The van der Waals surface area contributed by atoms with Gasteiger partial charge in [-0.05, 0) is 61.7 Å². The number of hydrogen-bond donors (Lipinski definition) is 2. The Morgan fingerprint density at radius 1 is 1.17 bits per heavy atom. The number of anilines is 1. The molecule has 0 saturated carbocycles. The highest BCUT2D eigenvalue weighted by atomic mass is 32.2. The quantitative estimate of drug-likeness (QED) is 0.608. The highest BCUT2D eigenvalue weighted by Crippen LogP contribution is 2.30. The molecule has 4 rings (SSSR count). The predicted octanol–water partition coefficient (Wildman–Crippen LogP) is 4.03. The fourth-order valence-electron chi connectivity index (χ4n) is 3.43. The van der Waals surface area contributed by atoms with E-state index in [0.717, 1.165) is 47.3 Å². The molecule has 7 heteroatoms. The molecule has 1 aromatic heterocycles. The molecule has 1 amide bonds. The number of aryl methyl sites for hydroxylation is 1. The summed E-state index contributed by atoms with van der Waals surface area (Å²) < 4.78 is 2.18. The third kappa shape index (κ3) is 4.32. The minimum absolute atomic E-state index is 0.0199. The van der Waals surface area contributed by atoms with E-state index in [4.69, 9.17) is 10.7 Å². The van der Waals surface area contributed by atoms with E-state index in [9.17, 15) is 4.79 Å². The molecule has 30 heavy (non-hydrogen) atoms. The lowest BCUT2D eigenvalue weighted by atomic mass is 9.99. The molecule has 2 heterocycles. The number of nitrogens with one attached hydrogen (secondary N) is 1. The summed E-state index contributed by atoms with van der Waals surface area (Å²) in [7, 11) is 2.07. The van der Waals surface area contributed by atoms with E-state index >= 15 is 0 Å². The van der Waals surface area contributed by atoms with Crippen LogP contribution in [0.4, 0.5) is 5.82 Å². The molecule has 0 bridgehead atoms. The van der Waals surface area contributed by atoms with Gasteiger partial charge >= 0.3 is 0 Å². The van der Waals surface area contributed by atoms with Crippen LogP contribution in [0, 0.1) is 0 Å². The molecule has 0 fully saturated rings. The summed E-state index contributed by atoms with van der Waals surface area (Å²) in [4.78, 5) is 22.6. The van der Waals surface area contributed by atoms with E-state index in [1.165, 1.54) is 4.90 Å². The van der Waals surface area contributed by atoms with E-state index in [1.807, 2.05) is 18.2 Å². The van der Waals surface area contributed by atoms with Crippen LogP contribution < -0.4 is 11.1 Å². The van der Waals surface area contributed by atoms with Crippen LogP contribution in [-0.4, -0.2) is 40.3 Å². The van der Waals surface area contributed by atoms with E-state index in [-0.39, 0.29) is 5.91 Å². The molecule has 154 valence electrons. The molecule has 6 nitrogen and oxygen atoms in total. The zero-order valence-electron chi connectivity index (χ0n) is 17.2. The van der Waals surface area contributed by atoms with Crippen LogP contribution in [0.3, 0.4) is 0 Å². The first kappa shape index (κ1) is 20.4. The van der Waals surface area contributed by atoms with Crippen LogP contribution in [0.15, 0.2) is 53.6 Å². The van der Waals surface area contributed by atoms with Crippen molar-refractivity contribution in [2.45, 2.75) is 24.7 Å². The van der Waals surface area contributed by atoms with Crippen LogP contribution in [-0.2, 0) is 6.42 Å². The summed E-state index contributed by atoms with van der Waals surface area (Å²) in [5, 5.41) is 2.93. The summed E-state index contributed by atoms with van der Waals surface area (Å²) in [6.07, 6.45) is 3.47. The Morgan fingerprint density at radius 3 is 2.70 bits per heavy atom. The van der Waals surface area contributed by atoms with Gasteiger partial charge in [-0.2, -0.15) is 0 Å². The minimum Gasteiger partial charge on any atom is -0.382 e. The predicted molar refractivity (Wildman–Crippen MR) is 122 cm³/mol. The minimum atomic E-state index is -0.0199. The average Bonchev–Trinajstić information content (AvgIpc) is 2.95. The molecule has 0 unspecified atom stereocenters. The van der Waals surface area contributed by atoms with Crippen molar-refractivity contribution >= 4 is 23.7 Å². The highest BCUT2D eigenvalue weighted by Gasteiger charge is 2.17. The Balaban J connectivity index is 1.66. The van der Waals surface area contributed by atoms with E-state index in [2.05, 4.69) is 52.8 Å². The third-order valence-corrected chi connectivity index (χ3v) is 6.24. The lowest BCUT2D eigenvalue weighted by Gasteiger charge is -2.13. The fraction of sp³-hybridized carbons (Fsp3) is 0.261. The van der Waals surface area contributed by atoms with E-state index in [1.54, 1.807) is 18.1 Å². The molecule has 0 radical (unpaired) electrons. The second kappa shape index (κ2) is 8.85. The standard InChI is InChI=1S/C23H25N5OS/c1-3-28(2)30-18-9-6-15(7-10-18)20-14-26-22(24)21(27-20)17-8-11-19-16(13-17)5-4-12-25-23(19)29/h6-11,13-14H,3-5,12H2,1-2H3,(H2,24,26)(H,25,29). The van der Waals surface area contributed by atoms with E-state index < -0.39 is 0 Å². The van der Waals surface area contributed by atoms with Crippen LogP contribution in [0.25, 0.3) is 22.5 Å². The molecule has 0 aliphatic carbocycles. The number of nitrogen functional groups attached to an aromatic ring is 1. The topological polar surface area (TPSA) is 84.1 Å². The van der Waals surface area contributed by atoms with Crippen molar-refractivity contribution in [3.63, 3.8) is 0 Å². The molecule has 2 aromatic carbocycles. The fourth-order valence-corrected chi connectivity index (χ4v) is 4.17.